The van der Waals surface area contributed by atoms with Crippen molar-refractivity contribution in [3.63, 3.8) is 0 Å². The van der Waals surface area contributed by atoms with E-state index in [1.807, 2.05) is 25.4 Å². The maximum atomic E-state index is 14.7. The lowest BCUT2D eigenvalue weighted by Gasteiger charge is -2.47. The van der Waals surface area contributed by atoms with Crippen molar-refractivity contribution in [3.8, 4) is 23.7 Å². The Kier molecular flexibility index (Phi) is 14.1. The summed E-state index contributed by atoms with van der Waals surface area (Å²) in [4.78, 5) is 55.9. The number of ketones is 1. The number of amides is 2. The number of rotatable bonds is 8. The highest BCUT2D eigenvalue weighted by molar-refractivity contribution is 9.09. The Bertz CT molecular complexity index is 1460. The molecule has 0 aromatic rings. The number of hydrogen-bond donors (Lipinski definition) is 0. The van der Waals surface area contributed by atoms with E-state index in [-0.39, 0.29) is 17.0 Å². The number of ether oxygens (including phenoxy) is 4. The van der Waals surface area contributed by atoms with Gasteiger partial charge in [-0.3, -0.25) is 4.79 Å². The highest BCUT2D eigenvalue weighted by Crippen LogP contribution is 2.48. The first-order valence-corrected chi connectivity index (χ1v) is 22.2. The molecule has 0 saturated heterocycles. The second-order valence-corrected chi connectivity index (χ2v) is 23.4. The van der Waals surface area contributed by atoms with Gasteiger partial charge in [0.05, 0.1) is 13.5 Å². The average molecular weight is 738 g/mol. The zero-order chi connectivity index (χ0) is 36.7. The van der Waals surface area contributed by atoms with E-state index in [1.54, 1.807) is 52.3 Å². The summed E-state index contributed by atoms with van der Waals surface area (Å²) in [7, 11) is 3.02. The van der Waals surface area contributed by atoms with Crippen LogP contribution in [0.3, 0.4) is 0 Å². The third-order valence-electron chi connectivity index (χ3n) is 7.12. The van der Waals surface area contributed by atoms with Crippen molar-refractivity contribution in [1.82, 2.24) is 4.90 Å². The van der Waals surface area contributed by atoms with Gasteiger partial charge in [-0.1, -0.05) is 66.2 Å². The molecule has 0 unspecified atom stereocenters. The van der Waals surface area contributed by atoms with Gasteiger partial charge in [-0.05, 0) is 93.8 Å². The monoisotopic (exact) mass is 737 g/mol. The van der Waals surface area contributed by atoms with Crippen LogP contribution in [0.25, 0.3) is 0 Å². The Morgan fingerprint density at radius 1 is 1.00 bits per heavy atom. The van der Waals surface area contributed by atoms with Gasteiger partial charge in [-0.25, -0.2) is 14.4 Å². The van der Waals surface area contributed by atoms with Crippen LogP contribution in [0.1, 0.15) is 68.7 Å². The minimum absolute atomic E-state index is 0.0565. The quantitative estimate of drug-likeness (QED) is 0.0594. The van der Waals surface area contributed by atoms with E-state index in [9.17, 15) is 19.2 Å². The zero-order valence-electron chi connectivity index (χ0n) is 30.1. The lowest BCUT2D eigenvalue weighted by molar-refractivity contribution is -0.120. The molecule has 48 heavy (non-hydrogen) atoms. The predicted molar refractivity (Wildman–Crippen MR) is 196 cm³/mol. The highest BCUT2D eigenvalue weighted by Gasteiger charge is 2.54. The topological polar surface area (TPSA) is 118 Å². The molecule has 0 N–H and O–H groups in total. The summed E-state index contributed by atoms with van der Waals surface area (Å²) in [6.45, 7) is 20.0. The first kappa shape index (κ1) is 41.4. The lowest BCUT2D eigenvalue weighted by atomic mass is 9.75. The Morgan fingerprint density at radius 3 is 2.06 bits per heavy atom. The fourth-order valence-corrected chi connectivity index (χ4v) is 8.06. The number of hydrogen-bond acceptors (Lipinski definition) is 12. The van der Waals surface area contributed by atoms with Crippen molar-refractivity contribution in [2.24, 2.45) is 0 Å². The number of nitrogens with zero attached hydrogens (tertiary/aromatic N) is 1. The third kappa shape index (κ3) is 11.1. The van der Waals surface area contributed by atoms with E-state index in [2.05, 4.69) is 44.5 Å². The molecule has 2 aliphatic rings. The normalized spacial score (nSPS) is 21.2. The maximum Gasteiger partial charge on any atom is 0.509 e. The molecule has 0 aromatic carbocycles. The number of methoxy groups -OCH3 is 1. The van der Waals surface area contributed by atoms with Crippen LogP contribution in [0.2, 0.25) is 18.1 Å². The van der Waals surface area contributed by atoms with E-state index in [4.69, 9.17) is 23.4 Å². The van der Waals surface area contributed by atoms with Crippen molar-refractivity contribution < 1.29 is 42.6 Å². The Morgan fingerprint density at radius 2 is 1.56 bits per heavy atom. The Hall–Kier alpha value is -2.75. The molecule has 14 heteroatoms. The fourth-order valence-electron chi connectivity index (χ4n) is 4.24. The molecule has 264 valence electrons. The zero-order valence-corrected chi connectivity index (χ0v) is 33.5. The van der Waals surface area contributed by atoms with Crippen LogP contribution in [-0.4, -0.2) is 79.4 Å². The van der Waals surface area contributed by atoms with Crippen LogP contribution in [0.5, 0.6) is 0 Å². The largest absolute Gasteiger partial charge is 0.509 e. The van der Waals surface area contributed by atoms with Gasteiger partial charge in [0.15, 0.2) is 25.8 Å². The molecule has 2 bridgehead atoms. The van der Waals surface area contributed by atoms with Gasteiger partial charge >= 0.3 is 18.3 Å². The van der Waals surface area contributed by atoms with Gasteiger partial charge in [-0.2, -0.15) is 4.90 Å². The van der Waals surface area contributed by atoms with Crippen molar-refractivity contribution in [3.05, 3.63) is 35.1 Å². The maximum absolute atomic E-state index is 14.7. The number of allylic oxidation sites excluding steroid dienone is 3. The predicted octanol–water partition coefficient (Wildman–Crippen LogP) is 8.46. The Labute approximate surface area is 297 Å². The summed E-state index contributed by atoms with van der Waals surface area (Å²) in [6.07, 6.45) is 1.45. The summed E-state index contributed by atoms with van der Waals surface area (Å²) < 4.78 is 28.9. The van der Waals surface area contributed by atoms with E-state index in [0.717, 1.165) is 7.11 Å². The fraction of sp³-hybridized carbons (Fsp3) is 0.588. The molecule has 2 aliphatic carbocycles. The minimum Gasteiger partial charge on any atom is -0.443 e. The van der Waals surface area contributed by atoms with Crippen LogP contribution in [0.15, 0.2) is 35.1 Å². The molecular weight excluding hydrogens is 691 g/mol. The van der Waals surface area contributed by atoms with E-state index >= 15 is 0 Å². The van der Waals surface area contributed by atoms with Gasteiger partial charge in [0.25, 0.3) is 0 Å². The second-order valence-electron chi connectivity index (χ2n) is 14.3. The summed E-state index contributed by atoms with van der Waals surface area (Å²) in [5.41, 5.74) is -3.84. The number of carbonyl (C=O) groups excluding carboxylic acids is 4. The van der Waals surface area contributed by atoms with Crippen LogP contribution in [-0.2, 0) is 28.2 Å². The molecule has 2 rings (SSSR count). The number of carbonyl (C=O) groups is 4. The molecular formula is C34H47NO9S3Si. The first-order chi connectivity index (χ1) is 22.0. The molecule has 0 heterocycles. The summed E-state index contributed by atoms with van der Waals surface area (Å²) >= 11 is 0. The summed E-state index contributed by atoms with van der Waals surface area (Å²) in [5.74, 6) is 11.6. The third-order valence-corrected chi connectivity index (χ3v) is 15.3. The standard InChI is InChI=1S/C34H47NO9S3Si/c1-31(2,3)42-28(37)35(29(38)43-32(4,5)6)27-24(36)22-34(44-48(12,13)33(7,8)9)20-17-15-14-16-18-25(41-30(39)40-10)26(27)23(34)19-21-46-47-45-11/h14-15,19,25H,21-22H2,1-13H3/b15-14-,23-19?/t25-,34-/m1/s1. The van der Waals surface area contributed by atoms with Gasteiger partial charge in [-0.15, -0.1) is 0 Å². The SMILES string of the molecule is COC(=O)O[C@@H]1C#C/C=C\C#C[C@@]2(O[Si](C)(C)C(C)(C)C)CC(=O)C(N(C(=O)OC(C)(C)C)C(=O)OC(C)(C)C)=C1C2=CCSSSC. The molecule has 2 amide bonds. The van der Waals surface area contributed by atoms with Crippen LogP contribution >= 0.6 is 31.4 Å². The highest BCUT2D eigenvalue weighted by atomic mass is 33.5. The van der Waals surface area contributed by atoms with Gasteiger partial charge < -0.3 is 23.4 Å². The van der Waals surface area contributed by atoms with E-state index in [0.29, 0.717) is 16.2 Å². The molecule has 0 saturated carbocycles. The van der Waals surface area contributed by atoms with E-state index in [1.165, 1.54) is 32.8 Å². The molecule has 2 atom stereocenters. The van der Waals surface area contributed by atoms with Crippen LogP contribution < -0.4 is 0 Å². The average Bonchev–Trinajstić information content (AvgIpc) is 2.91. The van der Waals surface area contributed by atoms with Gasteiger partial charge in [0, 0.05) is 16.9 Å². The molecule has 10 nitrogen and oxygen atoms in total. The summed E-state index contributed by atoms with van der Waals surface area (Å²) in [5, 5.41) is -0.308. The van der Waals surface area contributed by atoms with Gasteiger partial charge in [0.1, 0.15) is 16.9 Å². The number of Topliss-reactive ketones (excluding diaryl/α,β-unsaturated/α-hetero) is 1. The van der Waals surface area contributed by atoms with Crippen molar-refractivity contribution >= 4 is 63.9 Å². The lowest BCUT2D eigenvalue weighted by Crippen LogP contribution is -2.55. The molecule has 0 radical (unpaired) electrons. The first-order valence-electron chi connectivity index (χ1n) is 15.2. The van der Waals surface area contributed by atoms with Gasteiger partial charge in [0.2, 0.25) is 0 Å². The van der Waals surface area contributed by atoms with Crippen molar-refractivity contribution in [2.75, 3.05) is 19.1 Å². The smallest absolute Gasteiger partial charge is 0.443 e. The Balaban J connectivity index is 3.23. The van der Waals surface area contributed by atoms with Crippen molar-refractivity contribution in [2.45, 2.75) is 110 Å². The van der Waals surface area contributed by atoms with E-state index < -0.39 is 61.0 Å². The van der Waals surface area contributed by atoms with Crippen molar-refractivity contribution in [1.29, 1.82) is 0 Å². The second kappa shape index (κ2) is 16.3. The molecule has 0 aromatic heterocycles. The molecule has 0 fully saturated rings. The van der Waals surface area contributed by atoms with Crippen LogP contribution in [0, 0.1) is 23.7 Å². The molecule has 0 spiro atoms. The number of fused-ring (bicyclic) bond motifs is 2. The molecule has 0 aliphatic heterocycles. The van der Waals surface area contributed by atoms with Crippen LogP contribution in [0.4, 0.5) is 14.4 Å². The summed E-state index contributed by atoms with van der Waals surface area (Å²) in [6, 6.07) is 0. The minimum atomic E-state index is -2.72. The number of imide groups is 1.